The average molecular weight is 267 g/mol. The van der Waals surface area contributed by atoms with Gasteiger partial charge in [-0.2, -0.15) is 0 Å². The summed E-state index contributed by atoms with van der Waals surface area (Å²) >= 11 is 6.08. The molecule has 1 aromatic carbocycles. The highest BCUT2D eigenvalue weighted by Gasteiger charge is 2.10. The summed E-state index contributed by atoms with van der Waals surface area (Å²) in [6, 6.07) is 4.76. The molecule has 0 bridgehead atoms. The fourth-order valence-corrected chi connectivity index (χ4v) is 2.27. The fraction of sp³-hybridized carbons (Fsp3) is 0.357. The lowest BCUT2D eigenvalue weighted by Gasteiger charge is -2.11. The van der Waals surface area contributed by atoms with Gasteiger partial charge in [-0.3, -0.25) is 4.98 Å². The minimum atomic E-state index is -0.336. The molecule has 96 valence electrons. The van der Waals surface area contributed by atoms with Crippen molar-refractivity contribution in [3.05, 3.63) is 34.7 Å². The summed E-state index contributed by atoms with van der Waals surface area (Å²) in [7, 11) is 0. The second kappa shape index (κ2) is 5.53. The predicted octanol–water partition coefficient (Wildman–Crippen LogP) is 4.41. The number of hydrogen-bond donors (Lipinski definition) is 1. The van der Waals surface area contributed by atoms with Crippen LogP contribution >= 0.6 is 11.6 Å². The summed E-state index contributed by atoms with van der Waals surface area (Å²) in [6.07, 6.45) is 1.91. The number of hydrogen-bond acceptors (Lipinski definition) is 2. The maximum atomic E-state index is 13.4. The van der Waals surface area contributed by atoms with E-state index in [9.17, 15) is 4.39 Å². The summed E-state index contributed by atoms with van der Waals surface area (Å²) in [5, 5.41) is 4.34. The Kier molecular flexibility index (Phi) is 4.02. The average Bonchev–Trinajstić information content (AvgIpc) is 2.31. The Morgan fingerprint density at radius 3 is 2.72 bits per heavy atom. The SMILES string of the molecule is CCCc1cc(NCC)c2cc(F)cc(Cl)c2n1. The second-order valence-corrected chi connectivity index (χ2v) is 4.63. The van der Waals surface area contributed by atoms with Crippen LogP contribution in [0.1, 0.15) is 26.0 Å². The predicted molar refractivity (Wildman–Crippen MR) is 74.9 cm³/mol. The smallest absolute Gasteiger partial charge is 0.125 e. The molecular formula is C14H16ClFN2. The van der Waals surface area contributed by atoms with E-state index in [0.717, 1.165) is 36.2 Å². The fourth-order valence-electron chi connectivity index (χ4n) is 2.03. The third-order valence-electron chi connectivity index (χ3n) is 2.76. The molecule has 1 heterocycles. The Bertz CT molecular complexity index is 569. The molecule has 0 spiro atoms. The number of anilines is 1. The molecule has 2 rings (SSSR count). The number of fused-ring (bicyclic) bond motifs is 1. The van der Waals surface area contributed by atoms with Gasteiger partial charge in [-0.1, -0.05) is 24.9 Å². The van der Waals surface area contributed by atoms with Crippen LogP contribution < -0.4 is 5.32 Å². The molecule has 0 aliphatic rings. The van der Waals surface area contributed by atoms with Gasteiger partial charge in [0.15, 0.2) is 0 Å². The number of nitrogens with one attached hydrogen (secondary N) is 1. The number of aryl methyl sites for hydroxylation is 1. The largest absolute Gasteiger partial charge is 0.385 e. The highest BCUT2D eigenvalue weighted by molar-refractivity contribution is 6.35. The molecule has 0 fully saturated rings. The maximum Gasteiger partial charge on any atom is 0.125 e. The summed E-state index contributed by atoms with van der Waals surface area (Å²) < 4.78 is 13.4. The van der Waals surface area contributed by atoms with Crippen molar-refractivity contribution in [3.63, 3.8) is 0 Å². The molecule has 1 aromatic heterocycles. The van der Waals surface area contributed by atoms with Crippen molar-refractivity contribution in [2.75, 3.05) is 11.9 Å². The van der Waals surface area contributed by atoms with Crippen LogP contribution in [0.2, 0.25) is 5.02 Å². The van der Waals surface area contributed by atoms with Gasteiger partial charge < -0.3 is 5.32 Å². The molecule has 1 N–H and O–H groups in total. The van der Waals surface area contributed by atoms with E-state index in [1.165, 1.54) is 12.1 Å². The summed E-state index contributed by atoms with van der Waals surface area (Å²) in [6.45, 7) is 4.89. The maximum absolute atomic E-state index is 13.4. The molecule has 0 amide bonds. The first-order valence-electron chi connectivity index (χ1n) is 6.18. The van der Waals surface area contributed by atoms with Crippen molar-refractivity contribution in [1.82, 2.24) is 4.98 Å². The van der Waals surface area contributed by atoms with Gasteiger partial charge in [0.2, 0.25) is 0 Å². The van der Waals surface area contributed by atoms with E-state index in [1.807, 2.05) is 13.0 Å². The minimum Gasteiger partial charge on any atom is -0.385 e. The number of rotatable bonds is 4. The molecular weight excluding hydrogens is 251 g/mol. The summed E-state index contributed by atoms with van der Waals surface area (Å²) in [5.41, 5.74) is 2.54. The molecule has 0 atom stereocenters. The first-order chi connectivity index (χ1) is 8.65. The molecule has 0 unspecified atom stereocenters. The standard InChI is InChI=1S/C14H16ClFN2/c1-3-5-10-8-13(17-4-2)11-6-9(16)7-12(15)14(11)18-10/h6-8H,3-5H2,1-2H3,(H,17,18). The number of benzene rings is 1. The van der Waals surface area contributed by atoms with Crippen LogP contribution in [0.25, 0.3) is 10.9 Å². The van der Waals surface area contributed by atoms with Gasteiger partial charge in [0.1, 0.15) is 5.82 Å². The van der Waals surface area contributed by atoms with E-state index < -0.39 is 0 Å². The molecule has 0 saturated carbocycles. The topological polar surface area (TPSA) is 24.9 Å². The number of nitrogens with zero attached hydrogens (tertiary/aromatic N) is 1. The van der Waals surface area contributed by atoms with E-state index in [1.54, 1.807) is 0 Å². The van der Waals surface area contributed by atoms with Gasteiger partial charge >= 0.3 is 0 Å². The molecule has 18 heavy (non-hydrogen) atoms. The third kappa shape index (κ3) is 2.56. The van der Waals surface area contributed by atoms with Crippen LogP contribution in [-0.2, 0) is 6.42 Å². The molecule has 2 nitrogen and oxygen atoms in total. The van der Waals surface area contributed by atoms with Crippen molar-refractivity contribution < 1.29 is 4.39 Å². The van der Waals surface area contributed by atoms with Crippen molar-refractivity contribution in [2.24, 2.45) is 0 Å². The van der Waals surface area contributed by atoms with Crippen molar-refractivity contribution >= 4 is 28.2 Å². The monoisotopic (exact) mass is 266 g/mol. The Balaban J connectivity index is 2.68. The Morgan fingerprint density at radius 1 is 1.28 bits per heavy atom. The number of halogens is 2. The molecule has 2 aromatic rings. The van der Waals surface area contributed by atoms with Crippen LogP contribution in [0.5, 0.6) is 0 Å². The third-order valence-corrected chi connectivity index (χ3v) is 3.05. The van der Waals surface area contributed by atoms with E-state index in [0.29, 0.717) is 10.5 Å². The van der Waals surface area contributed by atoms with Gasteiger partial charge in [-0.25, -0.2) is 4.39 Å². The molecule has 0 aliphatic heterocycles. The molecule has 0 aliphatic carbocycles. The van der Waals surface area contributed by atoms with Gasteiger partial charge in [-0.05, 0) is 31.5 Å². The van der Waals surface area contributed by atoms with Gasteiger partial charge in [0.25, 0.3) is 0 Å². The highest BCUT2D eigenvalue weighted by Crippen LogP contribution is 2.30. The van der Waals surface area contributed by atoms with Gasteiger partial charge in [-0.15, -0.1) is 0 Å². The second-order valence-electron chi connectivity index (χ2n) is 4.23. The van der Waals surface area contributed by atoms with Crippen LogP contribution in [0.15, 0.2) is 18.2 Å². The van der Waals surface area contributed by atoms with Crippen LogP contribution in [0.3, 0.4) is 0 Å². The van der Waals surface area contributed by atoms with Crippen LogP contribution in [0.4, 0.5) is 10.1 Å². The summed E-state index contributed by atoms with van der Waals surface area (Å²) in [5.74, 6) is -0.336. The first kappa shape index (κ1) is 13.1. The number of pyridine rings is 1. The van der Waals surface area contributed by atoms with Gasteiger partial charge in [0, 0.05) is 23.3 Å². The first-order valence-corrected chi connectivity index (χ1v) is 6.56. The Morgan fingerprint density at radius 2 is 2.06 bits per heavy atom. The lowest BCUT2D eigenvalue weighted by molar-refractivity contribution is 0.629. The zero-order valence-electron chi connectivity index (χ0n) is 10.6. The quantitative estimate of drug-likeness (QED) is 0.887. The normalized spacial score (nSPS) is 10.9. The van der Waals surface area contributed by atoms with Crippen LogP contribution in [-0.4, -0.2) is 11.5 Å². The van der Waals surface area contributed by atoms with Gasteiger partial charge in [0.05, 0.1) is 10.5 Å². The van der Waals surface area contributed by atoms with E-state index in [-0.39, 0.29) is 5.82 Å². The van der Waals surface area contributed by atoms with Crippen molar-refractivity contribution in [3.8, 4) is 0 Å². The van der Waals surface area contributed by atoms with Crippen LogP contribution in [0, 0.1) is 5.82 Å². The summed E-state index contributed by atoms with van der Waals surface area (Å²) in [4.78, 5) is 4.51. The van der Waals surface area contributed by atoms with E-state index in [4.69, 9.17) is 11.6 Å². The lowest BCUT2D eigenvalue weighted by Crippen LogP contribution is -2.01. The zero-order chi connectivity index (χ0) is 13.1. The highest BCUT2D eigenvalue weighted by atomic mass is 35.5. The minimum absolute atomic E-state index is 0.336. The van der Waals surface area contributed by atoms with E-state index >= 15 is 0 Å². The Hall–Kier alpha value is -1.35. The van der Waals surface area contributed by atoms with Crippen molar-refractivity contribution in [2.45, 2.75) is 26.7 Å². The lowest BCUT2D eigenvalue weighted by atomic mass is 10.1. The van der Waals surface area contributed by atoms with E-state index in [2.05, 4.69) is 17.2 Å². The Labute approximate surface area is 111 Å². The molecule has 0 saturated heterocycles. The zero-order valence-corrected chi connectivity index (χ0v) is 11.3. The molecule has 4 heteroatoms. The molecule has 0 radical (unpaired) electrons. The van der Waals surface area contributed by atoms with Crippen molar-refractivity contribution in [1.29, 1.82) is 0 Å². The number of aromatic nitrogens is 1.